The van der Waals surface area contributed by atoms with Crippen LogP contribution < -0.4 is 10.6 Å². The van der Waals surface area contributed by atoms with Crippen LogP contribution in [0.1, 0.15) is 38.7 Å². The van der Waals surface area contributed by atoms with Gasteiger partial charge in [-0.2, -0.15) is 0 Å². The van der Waals surface area contributed by atoms with Crippen LogP contribution in [0.25, 0.3) is 0 Å². The van der Waals surface area contributed by atoms with Gasteiger partial charge in [-0.1, -0.05) is 19.1 Å². The first-order valence-electron chi connectivity index (χ1n) is 6.70. The number of hydrogen-bond donors (Lipinski definition) is 2. The molecule has 0 aromatic heterocycles. The van der Waals surface area contributed by atoms with Crippen LogP contribution in [0.2, 0.25) is 0 Å². The van der Waals surface area contributed by atoms with E-state index >= 15 is 0 Å². The minimum Gasteiger partial charge on any atom is -0.326 e. The summed E-state index contributed by atoms with van der Waals surface area (Å²) in [5.41, 5.74) is 0.918. The Labute approximate surface area is 117 Å². The topological polar surface area (TPSA) is 75.3 Å². The Bertz CT molecular complexity index is 551. The first-order chi connectivity index (χ1) is 9.48. The van der Waals surface area contributed by atoms with Crippen LogP contribution in [0, 0.1) is 0 Å². The lowest BCUT2D eigenvalue weighted by molar-refractivity contribution is -0.138. The van der Waals surface area contributed by atoms with E-state index in [0.717, 1.165) is 5.56 Å². The predicted octanol–water partition coefficient (Wildman–Crippen LogP) is 1.73. The van der Waals surface area contributed by atoms with E-state index in [2.05, 4.69) is 10.6 Å². The van der Waals surface area contributed by atoms with Crippen LogP contribution >= 0.6 is 0 Å². The number of piperidine rings is 1. The maximum Gasteiger partial charge on any atom is 0.237 e. The van der Waals surface area contributed by atoms with E-state index in [-0.39, 0.29) is 17.7 Å². The van der Waals surface area contributed by atoms with Gasteiger partial charge >= 0.3 is 0 Å². The second-order valence-electron chi connectivity index (χ2n) is 5.07. The second-order valence-corrected chi connectivity index (χ2v) is 5.07. The van der Waals surface area contributed by atoms with E-state index in [1.165, 1.54) is 6.92 Å². The zero-order chi connectivity index (χ0) is 14.8. The van der Waals surface area contributed by atoms with Crippen LogP contribution in [0.15, 0.2) is 24.3 Å². The Morgan fingerprint density at radius 3 is 2.45 bits per heavy atom. The Hall–Kier alpha value is -2.17. The quantitative estimate of drug-likeness (QED) is 0.824. The summed E-state index contributed by atoms with van der Waals surface area (Å²) in [6, 6.07) is 7.23. The third kappa shape index (κ3) is 2.57. The van der Waals surface area contributed by atoms with E-state index in [1.54, 1.807) is 12.1 Å². The van der Waals surface area contributed by atoms with Gasteiger partial charge in [-0.15, -0.1) is 0 Å². The maximum absolute atomic E-state index is 12.2. The first kappa shape index (κ1) is 14.2. The monoisotopic (exact) mass is 274 g/mol. The largest absolute Gasteiger partial charge is 0.326 e. The van der Waals surface area contributed by atoms with Crippen molar-refractivity contribution in [3.8, 4) is 0 Å². The van der Waals surface area contributed by atoms with Crippen molar-refractivity contribution in [3.05, 3.63) is 29.8 Å². The fraction of sp³-hybridized carbons (Fsp3) is 0.400. The smallest absolute Gasteiger partial charge is 0.237 e. The molecule has 0 aliphatic carbocycles. The molecule has 1 aliphatic rings. The van der Waals surface area contributed by atoms with Crippen LogP contribution in [-0.4, -0.2) is 17.7 Å². The SMILES string of the molecule is CC[C@]1(c2ccc(NC(C)=O)cc2)CCC(=O)NC1=O. The molecule has 1 fully saturated rings. The predicted molar refractivity (Wildman–Crippen MR) is 75.1 cm³/mol. The van der Waals surface area contributed by atoms with Crippen molar-refractivity contribution in [3.63, 3.8) is 0 Å². The average Bonchev–Trinajstić information content (AvgIpc) is 2.40. The van der Waals surface area contributed by atoms with E-state index in [4.69, 9.17) is 0 Å². The van der Waals surface area contributed by atoms with E-state index in [1.807, 2.05) is 19.1 Å². The molecule has 5 heteroatoms. The van der Waals surface area contributed by atoms with Crippen LogP contribution in [0.5, 0.6) is 0 Å². The standard InChI is InChI=1S/C15H18N2O3/c1-3-15(9-8-13(19)17-14(15)20)11-4-6-12(7-5-11)16-10(2)18/h4-7H,3,8-9H2,1-2H3,(H,16,18)(H,17,19,20)/t15-/m1/s1. The van der Waals surface area contributed by atoms with Gasteiger partial charge in [0.2, 0.25) is 17.7 Å². The lowest BCUT2D eigenvalue weighted by Gasteiger charge is -2.35. The number of imide groups is 1. The molecule has 0 bridgehead atoms. The third-order valence-electron chi connectivity index (χ3n) is 3.83. The molecule has 1 heterocycles. The number of amides is 3. The highest BCUT2D eigenvalue weighted by atomic mass is 16.2. The molecule has 1 atom stereocenters. The maximum atomic E-state index is 12.2. The van der Waals surface area contributed by atoms with Gasteiger partial charge < -0.3 is 5.32 Å². The molecule has 1 aromatic rings. The third-order valence-corrected chi connectivity index (χ3v) is 3.83. The zero-order valence-electron chi connectivity index (χ0n) is 11.7. The molecule has 1 aromatic carbocycles. The van der Waals surface area contributed by atoms with Gasteiger partial charge in [0.1, 0.15) is 0 Å². The number of hydrogen-bond acceptors (Lipinski definition) is 3. The normalized spacial score (nSPS) is 22.3. The number of carbonyl (C=O) groups excluding carboxylic acids is 3. The van der Waals surface area contributed by atoms with Gasteiger partial charge in [0.05, 0.1) is 5.41 Å². The van der Waals surface area contributed by atoms with Crippen LogP contribution in [0.3, 0.4) is 0 Å². The average molecular weight is 274 g/mol. The molecule has 0 saturated carbocycles. The van der Waals surface area contributed by atoms with Gasteiger partial charge in [-0.3, -0.25) is 19.7 Å². The first-order valence-corrected chi connectivity index (χ1v) is 6.70. The Morgan fingerprint density at radius 1 is 1.30 bits per heavy atom. The van der Waals surface area contributed by atoms with E-state index in [0.29, 0.717) is 24.9 Å². The molecule has 0 radical (unpaired) electrons. The number of benzene rings is 1. The summed E-state index contributed by atoms with van der Waals surface area (Å²) in [6.07, 6.45) is 1.51. The molecule has 3 amide bonds. The van der Waals surface area contributed by atoms with Crippen molar-refractivity contribution in [2.45, 2.75) is 38.5 Å². The molecule has 20 heavy (non-hydrogen) atoms. The van der Waals surface area contributed by atoms with Crippen LogP contribution in [-0.2, 0) is 19.8 Å². The van der Waals surface area contributed by atoms with Crippen molar-refractivity contribution in [2.75, 3.05) is 5.32 Å². The second kappa shape index (κ2) is 5.45. The van der Waals surface area contributed by atoms with Gasteiger partial charge in [0.15, 0.2) is 0 Å². The van der Waals surface area contributed by atoms with Crippen LogP contribution in [0.4, 0.5) is 5.69 Å². The molecule has 0 spiro atoms. The van der Waals surface area contributed by atoms with Gasteiger partial charge in [-0.25, -0.2) is 0 Å². The van der Waals surface area contributed by atoms with E-state index in [9.17, 15) is 14.4 Å². The molecule has 0 unspecified atom stereocenters. The Kier molecular flexibility index (Phi) is 3.88. The number of nitrogens with one attached hydrogen (secondary N) is 2. The molecule has 2 N–H and O–H groups in total. The fourth-order valence-electron chi connectivity index (χ4n) is 2.64. The molecule has 2 rings (SSSR count). The minimum atomic E-state index is -0.650. The summed E-state index contributed by atoms with van der Waals surface area (Å²) in [5.74, 6) is -0.582. The minimum absolute atomic E-state index is 0.135. The Morgan fingerprint density at radius 2 is 1.95 bits per heavy atom. The summed E-state index contributed by atoms with van der Waals surface area (Å²) in [4.78, 5) is 34.5. The van der Waals surface area contributed by atoms with Crippen molar-refractivity contribution in [1.29, 1.82) is 0 Å². The number of anilines is 1. The van der Waals surface area contributed by atoms with Crippen molar-refractivity contribution >= 4 is 23.4 Å². The number of rotatable bonds is 3. The van der Waals surface area contributed by atoms with Gasteiger partial charge in [-0.05, 0) is 30.5 Å². The highest BCUT2D eigenvalue weighted by molar-refractivity contribution is 6.03. The molecule has 106 valence electrons. The molecule has 1 saturated heterocycles. The van der Waals surface area contributed by atoms with Gasteiger partial charge in [0, 0.05) is 19.0 Å². The highest BCUT2D eigenvalue weighted by Gasteiger charge is 2.42. The summed E-state index contributed by atoms with van der Waals surface area (Å²) in [5, 5.41) is 5.11. The van der Waals surface area contributed by atoms with Gasteiger partial charge in [0.25, 0.3) is 0 Å². The zero-order valence-corrected chi connectivity index (χ0v) is 11.7. The molecule has 5 nitrogen and oxygen atoms in total. The summed E-state index contributed by atoms with van der Waals surface area (Å²) in [6.45, 7) is 3.39. The van der Waals surface area contributed by atoms with Crippen molar-refractivity contribution in [1.82, 2.24) is 5.32 Å². The Balaban J connectivity index is 2.30. The lowest BCUT2D eigenvalue weighted by Crippen LogP contribution is -2.51. The highest BCUT2D eigenvalue weighted by Crippen LogP contribution is 2.36. The summed E-state index contributed by atoms with van der Waals surface area (Å²) in [7, 11) is 0. The molecule has 1 aliphatic heterocycles. The fourth-order valence-corrected chi connectivity index (χ4v) is 2.64. The van der Waals surface area contributed by atoms with Crippen molar-refractivity contribution < 1.29 is 14.4 Å². The lowest BCUT2D eigenvalue weighted by atomic mass is 9.72. The van der Waals surface area contributed by atoms with Crippen molar-refractivity contribution in [2.24, 2.45) is 0 Å². The summed E-state index contributed by atoms with van der Waals surface area (Å²) >= 11 is 0. The number of carbonyl (C=O) groups is 3. The summed E-state index contributed by atoms with van der Waals surface area (Å²) < 4.78 is 0. The van der Waals surface area contributed by atoms with E-state index < -0.39 is 5.41 Å². The molecular weight excluding hydrogens is 256 g/mol. The molecular formula is C15H18N2O3.